The van der Waals surface area contributed by atoms with Gasteiger partial charge in [0.05, 0.1) is 6.42 Å². The molecule has 3 N–H and O–H groups in total. The first kappa shape index (κ1) is 19.4. The minimum atomic E-state index is -5.12. The number of alkyl halides is 3. The zero-order valence-electron chi connectivity index (χ0n) is 14.0. The summed E-state index contributed by atoms with van der Waals surface area (Å²) in [5, 5.41) is 14.8. The predicted molar refractivity (Wildman–Crippen MR) is 86.2 cm³/mol. The van der Waals surface area contributed by atoms with Crippen molar-refractivity contribution in [2.45, 2.75) is 18.2 Å². The van der Waals surface area contributed by atoms with Crippen LogP contribution in [0.25, 0.3) is 0 Å². The molecular weight excluding hydrogens is 353 g/mol. The number of carbonyl (C=O) groups is 2. The first-order valence-corrected chi connectivity index (χ1v) is 7.47. The Labute approximate surface area is 146 Å². The molecule has 1 aromatic heterocycles. The zero-order valence-corrected chi connectivity index (χ0v) is 14.0. The molecule has 0 saturated heterocycles. The van der Waals surface area contributed by atoms with Crippen LogP contribution in [-0.2, 0) is 17.4 Å². The molecule has 2 rings (SSSR count). The van der Waals surface area contributed by atoms with E-state index in [1.54, 1.807) is 0 Å². The number of halogens is 3. The Kier molecular flexibility index (Phi) is 5.36. The molecule has 1 aromatic carbocycles. The van der Waals surface area contributed by atoms with Crippen LogP contribution in [0.15, 0.2) is 36.7 Å². The van der Waals surface area contributed by atoms with Gasteiger partial charge in [0.1, 0.15) is 0 Å². The van der Waals surface area contributed by atoms with Gasteiger partial charge in [-0.25, -0.2) is 4.98 Å². The van der Waals surface area contributed by atoms with E-state index in [1.807, 2.05) is 0 Å². The molecule has 140 valence electrons. The zero-order chi connectivity index (χ0) is 19.5. The lowest BCUT2D eigenvalue weighted by molar-refractivity contribution is -0.270. The summed E-state index contributed by atoms with van der Waals surface area (Å²) in [5.41, 5.74) is -3.10. The summed E-state index contributed by atoms with van der Waals surface area (Å²) in [6.45, 7) is 0. The number of nitrogens with zero attached hydrogens (tertiary/aromatic N) is 2. The molecule has 0 unspecified atom stereocenters. The number of nitrogens with one attached hydrogen (secondary N) is 2. The molecule has 0 saturated carbocycles. The van der Waals surface area contributed by atoms with Crippen molar-refractivity contribution < 1.29 is 27.9 Å². The first-order valence-electron chi connectivity index (χ1n) is 7.47. The molecular formula is C16H17F3N4O3. The van der Waals surface area contributed by atoms with E-state index < -0.39 is 35.8 Å². The molecule has 0 aliphatic heterocycles. The molecule has 0 radical (unpaired) electrons. The molecule has 10 heteroatoms. The minimum absolute atomic E-state index is 0.125. The fourth-order valence-corrected chi connectivity index (χ4v) is 2.39. The fourth-order valence-electron chi connectivity index (χ4n) is 2.39. The van der Waals surface area contributed by atoms with Gasteiger partial charge in [-0.15, -0.1) is 0 Å². The first-order chi connectivity index (χ1) is 12.1. The van der Waals surface area contributed by atoms with Gasteiger partial charge < -0.3 is 20.3 Å². The summed E-state index contributed by atoms with van der Waals surface area (Å²) in [5.74, 6) is -2.19. The molecule has 0 aliphatic carbocycles. The maximum absolute atomic E-state index is 13.4. The third-order valence-electron chi connectivity index (χ3n) is 3.71. The second-order valence-corrected chi connectivity index (χ2v) is 5.60. The third-order valence-corrected chi connectivity index (χ3v) is 3.71. The van der Waals surface area contributed by atoms with Crippen LogP contribution < -0.4 is 10.6 Å². The number of aliphatic hydroxyl groups is 1. The van der Waals surface area contributed by atoms with Gasteiger partial charge in [-0.05, 0) is 18.2 Å². The Morgan fingerprint density at radius 3 is 2.54 bits per heavy atom. The number of rotatable bonds is 5. The van der Waals surface area contributed by atoms with Crippen LogP contribution in [0, 0.1) is 0 Å². The van der Waals surface area contributed by atoms with E-state index in [-0.39, 0.29) is 11.3 Å². The van der Waals surface area contributed by atoms with E-state index in [0.29, 0.717) is 0 Å². The smallest absolute Gasteiger partial charge is 0.374 e. The summed E-state index contributed by atoms with van der Waals surface area (Å²) in [6, 6.07) is 5.67. The van der Waals surface area contributed by atoms with E-state index in [4.69, 9.17) is 0 Å². The highest BCUT2D eigenvalue weighted by atomic mass is 19.4. The number of hydrogen-bond donors (Lipinski definition) is 3. The topological polar surface area (TPSA) is 96.2 Å². The van der Waals surface area contributed by atoms with Gasteiger partial charge in [0, 0.05) is 37.7 Å². The van der Waals surface area contributed by atoms with Crippen LogP contribution in [0.2, 0.25) is 0 Å². The van der Waals surface area contributed by atoms with E-state index in [0.717, 1.165) is 10.8 Å². The molecule has 0 spiro atoms. The average molecular weight is 370 g/mol. The largest absolute Gasteiger partial charge is 0.425 e. The summed E-state index contributed by atoms with van der Waals surface area (Å²) in [4.78, 5) is 27.2. The van der Waals surface area contributed by atoms with Crippen molar-refractivity contribution >= 4 is 17.5 Å². The normalized spacial score (nSPS) is 13.8. The lowest BCUT2D eigenvalue weighted by Crippen LogP contribution is -2.46. The SMILES string of the molecule is CNC(=O)c1cccc(NC(=O)C[C@](O)(c2nccn2C)C(F)(F)F)c1. The molecule has 2 amide bonds. The Morgan fingerprint density at radius 1 is 1.31 bits per heavy atom. The van der Waals surface area contributed by atoms with E-state index >= 15 is 0 Å². The van der Waals surface area contributed by atoms with Gasteiger partial charge in [-0.1, -0.05) is 6.07 Å². The van der Waals surface area contributed by atoms with Crippen molar-refractivity contribution in [3.05, 3.63) is 48.0 Å². The standard InChI is InChI=1S/C16H17F3N4O3/c1-20-13(25)10-4-3-5-11(8-10)22-12(24)9-15(26,16(17,18)19)14-21-6-7-23(14)2/h3-8,26H,9H2,1-2H3,(H,20,25)(H,22,24)/t15-/m0/s1. The van der Waals surface area contributed by atoms with Gasteiger partial charge in [-0.2, -0.15) is 13.2 Å². The third kappa shape index (κ3) is 3.85. The number of hydrogen-bond acceptors (Lipinski definition) is 4. The predicted octanol–water partition coefficient (Wildman–Crippen LogP) is 1.56. The maximum atomic E-state index is 13.4. The summed E-state index contributed by atoms with van der Waals surface area (Å²) < 4.78 is 41.3. The Hall–Kier alpha value is -2.88. The summed E-state index contributed by atoms with van der Waals surface area (Å²) >= 11 is 0. The number of amides is 2. The van der Waals surface area contributed by atoms with Crippen molar-refractivity contribution in [3.63, 3.8) is 0 Å². The highest BCUT2D eigenvalue weighted by Gasteiger charge is 2.58. The maximum Gasteiger partial charge on any atom is 0.425 e. The van der Waals surface area contributed by atoms with Crippen LogP contribution in [-0.4, -0.2) is 39.7 Å². The van der Waals surface area contributed by atoms with Crippen LogP contribution in [0.4, 0.5) is 18.9 Å². The van der Waals surface area contributed by atoms with Crippen molar-refractivity contribution in [3.8, 4) is 0 Å². The van der Waals surface area contributed by atoms with E-state index in [9.17, 15) is 27.9 Å². The summed E-state index contributed by atoms with van der Waals surface area (Å²) in [7, 11) is 2.70. The van der Waals surface area contributed by atoms with Gasteiger partial charge in [0.25, 0.3) is 5.91 Å². The molecule has 0 aliphatic rings. The Balaban J connectivity index is 2.24. The Bertz CT molecular complexity index is 819. The lowest BCUT2D eigenvalue weighted by Gasteiger charge is -2.29. The van der Waals surface area contributed by atoms with Crippen molar-refractivity contribution in [1.82, 2.24) is 14.9 Å². The van der Waals surface area contributed by atoms with Crippen LogP contribution in [0.3, 0.4) is 0 Å². The van der Waals surface area contributed by atoms with Gasteiger partial charge in [0.2, 0.25) is 11.5 Å². The molecule has 1 atom stereocenters. The molecule has 0 bridgehead atoms. The van der Waals surface area contributed by atoms with Gasteiger partial charge in [0.15, 0.2) is 5.82 Å². The highest BCUT2D eigenvalue weighted by Crippen LogP contribution is 2.40. The molecule has 26 heavy (non-hydrogen) atoms. The minimum Gasteiger partial charge on any atom is -0.374 e. The molecule has 1 heterocycles. The average Bonchev–Trinajstić information content (AvgIpc) is 2.99. The number of benzene rings is 1. The second-order valence-electron chi connectivity index (χ2n) is 5.60. The number of anilines is 1. The van der Waals surface area contributed by atoms with E-state index in [1.165, 1.54) is 44.6 Å². The monoisotopic (exact) mass is 370 g/mol. The van der Waals surface area contributed by atoms with Crippen LogP contribution in [0.5, 0.6) is 0 Å². The van der Waals surface area contributed by atoms with Gasteiger partial charge in [-0.3, -0.25) is 9.59 Å². The molecule has 2 aromatic rings. The van der Waals surface area contributed by atoms with Crippen molar-refractivity contribution in [1.29, 1.82) is 0 Å². The quantitative estimate of drug-likeness (QED) is 0.744. The number of aryl methyl sites for hydroxylation is 1. The number of aromatic nitrogens is 2. The number of imidazole rings is 1. The van der Waals surface area contributed by atoms with Gasteiger partial charge >= 0.3 is 6.18 Å². The van der Waals surface area contributed by atoms with Crippen molar-refractivity contribution in [2.75, 3.05) is 12.4 Å². The fraction of sp³-hybridized carbons (Fsp3) is 0.312. The van der Waals surface area contributed by atoms with Crippen LogP contribution in [0.1, 0.15) is 22.6 Å². The molecule has 0 fully saturated rings. The molecule has 7 nitrogen and oxygen atoms in total. The second kappa shape index (κ2) is 7.16. The number of carbonyl (C=O) groups excluding carboxylic acids is 2. The Morgan fingerprint density at radius 2 is 2.00 bits per heavy atom. The summed E-state index contributed by atoms with van der Waals surface area (Å²) in [6.07, 6.45) is -4.08. The lowest BCUT2D eigenvalue weighted by atomic mass is 9.97. The van der Waals surface area contributed by atoms with Crippen LogP contribution >= 0.6 is 0 Å². The highest BCUT2D eigenvalue weighted by molar-refractivity contribution is 5.97. The van der Waals surface area contributed by atoms with E-state index in [2.05, 4.69) is 15.6 Å². The van der Waals surface area contributed by atoms with Crippen molar-refractivity contribution in [2.24, 2.45) is 7.05 Å².